The Labute approximate surface area is 161 Å². The number of carbonyl (C=O) groups is 1. The lowest BCUT2D eigenvalue weighted by molar-refractivity contribution is -0.149. The molecule has 2 aliphatic heterocycles. The van der Waals surface area contributed by atoms with Crippen molar-refractivity contribution in [2.24, 2.45) is 10.9 Å². The van der Waals surface area contributed by atoms with Gasteiger partial charge < -0.3 is 19.9 Å². The first kappa shape index (κ1) is 19.3. The third-order valence-electron chi connectivity index (χ3n) is 5.12. The minimum atomic E-state index is -0.0929. The van der Waals surface area contributed by atoms with Gasteiger partial charge in [-0.25, -0.2) is 0 Å². The van der Waals surface area contributed by atoms with E-state index in [1.54, 1.807) is 7.05 Å². The Morgan fingerprint density at radius 3 is 2.67 bits per heavy atom. The summed E-state index contributed by atoms with van der Waals surface area (Å²) in [6.45, 7) is 6.56. The van der Waals surface area contributed by atoms with Crippen LogP contribution in [0.4, 0.5) is 5.69 Å². The number of hydrogen-bond donors (Lipinski definition) is 1. The summed E-state index contributed by atoms with van der Waals surface area (Å²) in [6.07, 6.45) is 6.26. The van der Waals surface area contributed by atoms with Crippen molar-refractivity contribution in [3.63, 3.8) is 0 Å². The third-order valence-corrected chi connectivity index (χ3v) is 5.12. The first-order valence-electron chi connectivity index (χ1n) is 9.82. The molecule has 27 heavy (non-hydrogen) atoms. The van der Waals surface area contributed by atoms with Crippen LogP contribution in [-0.2, 0) is 16.1 Å². The first-order chi connectivity index (χ1) is 13.2. The summed E-state index contributed by atoms with van der Waals surface area (Å²) in [7, 11) is 1.79. The highest BCUT2D eigenvalue weighted by Crippen LogP contribution is 2.19. The Kier molecular flexibility index (Phi) is 6.74. The maximum Gasteiger partial charge on any atom is 0.310 e. The van der Waals surface area contributed by atoms with E-state index in [9.17, 15) is 4.79 Å². The summed E-state index contributed by atoms with van der Waals surface area (Å²) in [5, 5.41) is 3.43. The lowest BCUT2D eigenvalue weighted by Crippen LogP contribution is -2.48. The zero-order valence-corrected chi connectivity index (χ0v) is 16.4. The van der Waals surface area contributed by atoms with E-state index in [2.05, 4.69) is 56.5 Å². The van der Waals surface area contributed by atoms with Crippen molar-refractivity contribution in [1.29, 1.82) is 0 Å². The Morgan fingerprint density at radius 1 is 1.26 bits per heavy atom. The minimum Gasteiger partial charge on any atom is -0.466 e. The molecule has 1 fully saturated rings. The van der Waals surface area contributed by atoms with Crippen molar-refractivity contribution < 1.29 is 9.53 Å². The number of ether oxygens (including phenoxy) is 1. The Morgan fingerprint density at radius 2 is 2.00 bits per heavy atom. The van der Waals surface area contributed by atoms with Gasteiger partial charge in [-0.15, -0.1) is 0 Å². The maximum atomic E-state index is 12.1. The standard InChI is InChI=1S/C21H30N4O2/c1-3-27-20(26)18-7-6-14-25(16-18)21(22-2)23-15-17-8-10-19(11-9-17)24-12-4-5-13-24/h4-5,8-11,18H,3,6-7,12-16H2,1-2H3,(H,22,23). The van der Waals surface area contributed by atoms with Gasteiger partial charge in [0.2, 0.25) is 0 Å². The van der Waals surface area contributed by atoms with Crippen molar-refractivity contribution in [3.8, 4) is 0 Å². The molecule has 0 spiro atoms. The molecule has 1 atom stereocenters. The molecule has 1 aromatic rings. The van der Waals surface area contributed by atoms with Gasteiger partial charge >= 0.3 is 5.97 Å². The number of carbonyl (C=O) groups excluding carboxylic acids is 1. The summed E-state index contributed by atoms with van der Waals surface area (Å²) in [6, 6.07) is 8.66. The number of nitrogens with one attached hydrogen (secondary N) is 1. The van der Waals surface area contributed by atoms with E-state index in [0.29, 0.717) is 19.7 Å². The molecule has 146 valence electrons. The Hall–Kier alpha value is -2.50. The number of anilines is 1. The number of guanidine groups is 1. The van der Waals surface area contributed by atoms with Crippen LogP contribution in [0.1, 0.15) is 25.3 Å². The predicted molar refractivity (Wildman–Crippen MR) is 109 cm³/mol. The average molecular weight is 370 g/mol. The monoisotopic (exact) mass is 370 g/mol. The molecule has 0 amide bonds. The quantitative estimate of drug-likeness (QED) is 0.373. The lowest BCUT2D eigenvalue weighted by Gasteiger charge is -2.34. The highest BCUT2D eigenvalue weighted by molar-refractivity contribution is 5.81. The van der Waals surface area contributed by atoms with Crippen LogP contribution in [0.5, 0.6) is 0 Å². The molecule has 6 heteroatoms. The van der Waals surface area contributed by atoms with E-state index in [4.69, 9.17) is 4.74 Å². The number of piperidine rings is 1. The van der Waals surface area contributed by atoms with Gasteiger partial charge in [0.25, 0.3) is 0 Å². The van der Waals surface area contributed by atoms with Crippen molar-refractivity contribution in [1.82, 2.24) is 10.2 Å². The molecule has 6 nitrogen and oxygen atoms in total. The lowest BCUT2D eigenvalue weighted by atomic mass is 9.98. The van der Waals surface area contributed by atoms with Gasteiger partial charge in [-0.3, -0.25) is 9.79 Å². The van der Waals surface area contributed by atoms with E-state index in [1.807, 2.05) is 6.92 Å². The molecular formula is C21H30N4O2. The average Bonchev–Trinajstić information content (AvgIpc) is 3.24. The second-order valence-electron chi connectivity index (χ2n) is 6.98. The van der Waals surface area contributed by atoms with Crippen molar-refractivity contribution in [2.75, 3.05) is 44.7 Å². The molecule has 0 saturated carbocycles. The minimum absolute atomic E-state index is 0.0643. The summed E-state index contributed by atoms with van der Waals surface area (Å²) < 4.78 is 5.19. The second kappa shape index (κ2) is 9.44. The summed E-state index contributed by atoms with van der Waals surface area (Å²) in [5.74, 6) is 0.687. The van der Waals surface area contributed by atoms with Crippen molar-refractivity contribution >= 4 is 17.6 Å². The van der Waals surface area contributed by atoms with Gasteiger partial charge in [-0.05, 0) is 37.5 Å². The van der Waals surface area contributed by atoms with E-state index in [1.165, 1.54) is 11.3 Å². The molecule has 0 bridgehead atoms. The number of rotatable bonds is 5. The zero-order chi connectivity index (χ0) is 19.1. The fraction of sp³-hybridized carbons (Fsp3) is 0.524. The van der Waals surface area contributed by atoms with Crippen LogP contribution < -0.4 is 10.2 Å². The number of aliphatic imine (C=N–C) groups is 1. The third kappa shape index (κ3) is 5.02. The molecule has 0 aromatic heterocycles. The summed E-state index contributed by atoms with van der Waals surface area (Å²) >= 11 is 0. The van der Waals surface area contributed by atoms with Gasteiger partial charge in [0.1, 0.15) is 0 Å². The molecule has 1 N–H and O–H groups in total. The van der Waals surface area contributed by atoms with Crippen molar-refractivity contribution in [2.45, 2.75) is 26.3 Å². The SMILES string of the molecule is CCOC(=O)C1CCCN(C(=NC)NCc2ccc(N3CC=CC3)cc2)C1. The van der Waals surface area contributed by atoms with Crippen LogP contribution in [0.15, 0.2) is 41.4 Å². The molecule has 3 rings (SSSR count). The topological polar surface area (TPSA) is 57.2 Å². The van der Waals surface area contributed by atoms with E-state index in [-0.39, 0.29) is 11.9 Å². The molecule has 1 aromatic carbocycles. The van der Waals surface area contributed by atoms with Gasteiger partial charge in [-0.1, -0.05) is 24.3 Å². The fourth-order valence-electron chi connectivity index (χ4n) is 3.65. The number of nitrogens with zero attached hydrogens (tertiary/aromatic N) is 3. The fourth-order valence-corrected chi connectivity index (χ4v) is 3.65. The number of esters is 1. The summed E-state index contributed by atoms with van der Waals surface area (Å²) in [4.78, 5) is 21.0. The molecular weight excluding hydrogens is 340 g/mol. The van der Waals surface area contributed by atoms with Crippen molar-refractivity contribution in [3.05, 3.63) is 42.0 Å². The Balaban J connectivity index is 1.53. The smallest absolute Gasteiger partial charge is 0.310 e. The molecule has 1 saturated heterocycles. The molecule has 1 unspecified atom stereocenters. The largest absolute Gasteiger partial charge is 0.466 e. The molecule has 0 radical (unpaired) electrons. The molecule has 2 heterocycles. The number of hydrogen-bond acceptors (Lipinski definition) is 4. The Bertz CT molecular complexity index is 676. The first-order valence-corrected chi connectivity index (χ1v) is 9.82. The summed E-state index contributed by atoms with van der Waals surface area (Å²) in [5.41, 5.74) is 2.47. The van der Waals surface area contributed by atoms with Crippen LogP contribution >= 0.6 is 0 Å². The molecule has 2 aliphatic rings. The van der Waals surface area contributed by atoms with Gasteiger partial charge in [0, 0.05) is 45.5 Å². The number of benzene rings is 1. The highest BCUT2D eigenvalue weighted by Gasteiger charge is 2.28. The predicted octanol–water partition coefficient (Wildman–Crippen LogP) is 2.41. The zero-order valence-electron chi connectivity index (χ0n) is 16.4. The van der Waals surface area contributed by atoms with E-state index in [0.717, 1.165) is 38.4 Å². The van der Waals surface area contributed by atoms with E-state index < -0.39 is 0 Å². The van der Waals surface area contributed by atoms with Gasteiger partial charge in [-0.2, -0.15) is 0 Å². The molecule has 0 aliphatic carbocycles. The van der Waals surface area contributed by atoms with Crippen LogP contribution in [0.25, 0.3) is 0 Å². The van der Waals surface area contributed by atoms with Gasteiger partial charge in [0.15, 0.2) is 5.96 Å². The number of likely N-dealkylation sites (tertiary alicyclic amines) is 1. The maximum absolute atomic E-state index is 12.1. The van der Waals surface area contributed by atoms with E-state index >= 15 is 0 Å². The normalized spacial score (nSPS) is 20.1. The van der Waals surface area contributed by atoms with Crippen LogP contribution in [0.2, 0.25) is 0 Å². The second-order valence-corrected chi connectivity index (χ2v) is 6.98. The van der Waals surface area contributed by atoms with Crippen LogP contribution in [0.3, 0.4) is 0 Å². The van der Waals surface area contributed by atoms with Crippen LogP contribution in [0, 0.1) is 5.92 Å². The van der Waals surface area contributed by atoms with Crippen LogP contribution in [-0.4, -0.2) is 56.7 Å². The highest BCUT2D eigenvalue weighted by atomic mass is 16.5. The van der Waals surface area contributed by atoms with Gasteiger partial charge in [0.05, 0.1) is 12.5 Å².